The maximum Gasteiger partial charge on any atom is 0.276 e. The molecule has 0 unspecified atom stereocenters. The maximum atomic E-state index is 13.2. The molecule has 4 rings (SSSR count). The van der Waals surface area contributed by atoms with E-state index >= 15 is 0 Å². The van der Waals surface area contributed by atoms with Crippen LogP contribution >= 0.6 is 0 Å². The van der Waals surface area contributed by atoms with E-state index in [-0.39, 0.29) is 11.6 Å². The number of nitro benzene ring substituents is 1. The van der Waals surface area contributed by atoms with Crippen LogP contribution in [0.5, 0.6) is 0 Å². The Bertz CT molecular complexity index is 937. The summed E-state index contributed by atoms with van der Waals surface area (Å²) in [7, 11) is 0. The van der Waals surface area contributed by atoms with Crippen LogP contribution in [0.4, 0.5) is 5.69 Å². The molecule has 2 aromatic rings. The van der Waals surface area contributed by atoms with E-state index in [2.05, 4.69) is 15.2 Å². The van der Waals surface area contributed by atoms with Crippen LogP contribution in [0.3, 0.4) is 0 Å². The van der Waals surface area contributed by atoms with Crippen LogP contribution in [-0.2, 0) is 0 Å². The highest BCUT2D eigenvalue weighted by Gasteiger charge is 2.26. The third-order valence-corrected chi connectivity index (χ3v) is 6.50. The number of hydrogen-bond donors (Lipinski definition) is 0. The van der Waals surface area contributed by atoms with Crippen LogP contribution in [0.25, 0.3) is 5.69 Å². The summed E-state index contributed by atoms with van der Waals surface area (Å²) in [6, 6.07) is 6.19. The molecule has 1 aromatic carbocycles. The van der Waals surface area contributed by atoms with E-state index in [1.807, 2.05) is 4.90 Å². The first-order valence-electron chi connectivity index (χ1n) is 11.2. The average molecular weight is 427 g/mol. The van der Waals surface area contributed by atoms with Crippen LogP contribution in [-0.4, -0.2) is 68.3 Å². The normalized spacial score (nSPS) is 18.7. The summed E-state index contributed by atoms with van der Waals surface area (Å²) in [5, 5.41) is 19.3. The van der Waals surface area contributed by atoms with Crippen molar-refractivity contribution in [3.8, 4) is 5.69 Å². The van der Waals surface area contributed by atoms with Gasteiger partial charge in [-0.1, -0.05) is 30.5 Å². The Hall–Kier alpha value is -2.81. The van der Waals surface area contributed by atoms with Gasteiger partial charge in [-0.25, -0.2) is 4.68 Å². The first kappa shape index (κ1) is 21.4. The average Bonchev–Trinajstić information content (AvgIpc) is 3.01. The summed E-state index contributed by atoms with van der Waals surface area (Å²) < 4.78 is 1.49. The molecule has 0 bridgehead atoms. The fourth-order valence-corrected chi connectivity index (χ4v) is 4.75. The summed E-state index contributed by atoms with van der Waals surface area (Å²) >= 11 is 0. The Morgan fingerprint density at radius 2 is 1.94 bits per heavy atom. The van der Waals surface area contributed by atoms with Crippen LogP contribution in [0.15, 0.2) is 24.3 Å². The van der Waals surface area contributed by atoms with Gasteiger partial charge in [0.1, 0.15) is 0 Å². The number of carbonyl (C=O) groups is 1. The van der Waals surface area contributed by atoms with E-state index in [1.165, 1.54) is 48.9 Å². The molecule has 0 spiro atoms. The fraction of sp³-hybridized carbons (Fsp3) is 0.591. The molecule has 0 N–H and O–H groups in total. The van der Waals surface area contributed by atoms with Gasteiger partial charge in [-0.3, -0.25) is 14.9 Å². The Morgan fingerprint density at radius 3 is 2.71 bits per heavy atom. The van der Waals surface area contributed by atoms with Crippen molar-refractivity contribution in [1.29, 1.82) is 0 Å². The molecular formula is C22H30N6O3. The van der Waals surface area contributed by atoms with Gasteiger partial charge in [0, 0.05) is 38.3 Å². The Kier molecular flexibility index (Phi) is 6.60. The highest BCUT2D eigenvalue weighted by atomic mass is 16.6. The van der Waals surface area contributed by atoms with Gasteiger partial charge in [0.15, 0.2) is 5.69 Å². The molecule has 9 heteroatoms. The number of aromatic nitrogens is 3. The summed E-state index contributed by atoms with van der Waals surface area (Å²) in [5.41, 5.74) is 1.40. The lowest BCUT2D eigenvalue weighted by Gasteiger charge is -2.28. The van der Waals surface area contributed by atoms with Gasteiger partial charge in [-0.05, 0) is 44.7 Å². The predicted octanol–water partition coefficient (Wildman–Crippen LogP) is 3.21. The van der Waals surface area contributed by atoms with Crippen molar-refractivity contribution in [3.63, 3.8) is 0 Å². The van der Waals surface area contributed by atoms with Crippen molar-refractivity contribution in [2.45, 2.75) is 45.4 Å². The minimum Gasteiger partial charge on any atom is -0.336 e. The number of non-ortho nitro benzene ring substituents is 1. The predicted molar refractivity (Wildman–Crippen MR) is 116 cm³/mol. The van der Waals surface area contributed by atoms with Gasteiger partial charge < -0.3 is 9.80 Å². The lowest BCUT2D eigenvalue weighted by atomic mass is 9.89. The minimum atomic E-state index is -0.446. The van der Waals surface area contributed by atoms with Gasteiger partial charge in [0.2, 0.25) is 0 Å². The number of rotatable bonds is 5. The Morgan fingerprint density at radius 1 is 1.13 bits per heavy atom. The van der Waals surface area contributed by atoms with E-state index in [0.29, 0.717) is 30.2 Å². The molecule has 1 aliphatic carbocycles. The molecule has 1 aromatic heterocycles. The highest BCUT2D eigenvalue weighted by Crippen LogP contribution is 2.25. The quantitative estimate of drug-likeness (QED) is 0.538. The van der Waals surface area contributed by atoms with Crippen molar-refractivity contribution >= 4 is 11.6 Å². The van der Waals surface area contributed by atoms with E-state index in [4.69, 9.17) is 0 Å². The zero-order valence-corrected chi connectivity index (χ0v) is 18.1. The van der Waals surface area contributed by atoms with Crippen molar-refractivity contribution in [1.82, 2.24) is 24.8 Å². The summed E-state index contributed by atoms with van der Waals surface area (Å²) in [4.78, 5) is 28.2. The second-order valence-electron chi connectivity index (χ2n) is 8.66. The van der Waals surface area contributed by atoms with Gasteiger partial charge in [0.25, 0.3) is 11.6 Å². The van der Waals surface area contributed by atoms with E-state index in [0.717, 1.165) is 32.0 Å². The number of nitro groups is 1. The molecule has 0 radical (unpaired) electrons. The molecule has 1 saturated carbocycles. The smallest absolute Gasteiger partial charge is 0.276 e. The molecule has 2 aliphatic rings. The van der Waals surface area contributed by atoms with Crippen LogP contribution in [0.2, 0.25) is 0 Å². The molecule has 2 fully saturated rings. The van der Waals surface area contributed by atoms with Gasteiger partial charge >= 0.3 is 0 Å². The highest BCUT2D eigenvalue weighted by molar-refractivity contribution is 5.93. The number of hydrogen-bond acceptors (Lipinski definition) is 6. The molecule has 2 heterocycles. The second kappa shape index (κ2) is 9.55. The molecule has 1 saturated heterocycles. The first-order chi connectivity index (χ1) is 15.0. The van der Waals surface area contributed by atoms with E-state index in [1.54, 1.807) is 19.1 Å². The molecule has 0 atom stereocenters. The summed E-state index contributed by atoms with van der Waals surface area (Å²) in [6.07, 6.45) is 7.69. The third-order valence-electron chi connectivity index (χ3n) is 6.50. The molecule has 31 heavy (non-hydrogen) atoms. The SMILES string of the molecule is Cc1c(C(=O)N2CCCN(CC3CCCCC3)CC2)nnn1-c1cccc([N+](=O)[O-])c1. The number of amides is 1. The number of benzene rings is 1. The largest absolute Gasteiger partial charge is 0.336 e. The lowest BCUT2D eigenvalue weighted by Crippen LogP contribution is -2.37. The monoisotopic (exact) mass is 426 g/mol. The molecule has 1 aliphatic heterocycles. The lowest BCUT2D eigenvalue weighted by molar-refractivity contribution is -0.384. The van der Waals surface area contributed by atoms with Crippen LogP contribution < -0.4 is 0 Å². The number of carbonyl (C=O) groups excluding carboxylic acids is 1. The third kappa shape index (κ3) is 4.92. The zero-order chi connectivity index (χ0) is 21.8. The van der Waals surface area contributed by atoms with Gasteiger partial charge in [-0.2, -0.15) is 0 Å². The molecular weight excluding hydrogens is 396 g/mol. The summed E-state index contributed by atoms with van der Waals surface area (Å²) in [6.45, 7) is 6.24. The molecule has 1 amide bonds. The van der Waals surface area contributed by atoms with Crippen LogP contribution in [0, 0.1) is 23.0 Å². The van der Waals surface area contributed by atoms with Gasteiger partial charge in [-0.15, -0.1) is 5.10 Å². The fourth-order valence-electron chi connectivity index (χ4n) is 4.75. The molecule has 9 nitrogen and oxygen atoms in total. The van der Waals surface area contributed by atoms with Crippen molar-refractivity contribution in [3.05, 3.63) is 45.8 Å². The second-order valence-corrected chi connectivity index (χ2v) is 8.66. The Balaban J connectivity index is 1.43. The minimum absolute atomic E-state index is 0.0224. The van der Waals surface area contributed by atoms with Crippen molar-refractivity contribution in [2.24, 2.45) is 5.92 Å². The molecule has 166 valence electrons. The zero-order valence-electron chi connectivity index (χ0n) is 18.1. The standard InChI is InChI=1S/C22H30N6O3/c1-17-21(23-24-27(17)19-9-5-10-20(15-19)28(30)31)22(29)26-12-6-11-25(13-14-26)16-18-7-3-2-4-8-18/h5,9-10,15,18H,2-4,6-8,11-14,16H2,1H3. The Labute approximate surface area is 182 Å². The number of nitrogens with zero attached hydrogens (tertiary/aromatic N) is 6. The van der Waals surface area contributed by atoms with E-state index < -0.39 is 4.92 Å². The maximum absolute atomic E-state index is 13.2. The van der Waals surface area contributed by atoms with Crippen molar-refractivity contribution in [2.75, 3.05) is 32.7 Å². The topological polar surface area (TPSA) is 97.4 Å². The van der Waals surface area contributed by atoms with Crippen LogP contribution in [0.1, 0.15) is 54.7 Å². The van der Waals surface area contributed by atoms with E-state index in [9.17, 15) is 14.9 Å². The first-order valence-corrected chi connectivity index (χ1v) is 11.2. The summed E-state index contributed by atoms with van der Waals surface area (Å²) in [5.74, 6) is 0.682. The van der Waals surface area contributed by atoms with Crippen molar-refractivity contribution < 1.29 is 9.72 Å². The van der Waals surface area contributed by atoms with Gasteiger partial charge in [0.05, 0.1) is 16.3 Å².